The molecule has 1 aromatic rings. The van der Waals surface area contributed by atoms with Crippen LogP contribution in [0.15, 0.2) is 35.9 Å². The number of carboxylic acid groups (broad SMARTS) is 1. The van der Waals surface area contributed by atoms with Crippen LogP contribution in [0.3, 0.4) is 0 Å². The van der Waals surface area contributed by atoms with Gasteiger partial charge in [0.15, 0.2) is 0 Å². The van der Waals surface area contributed by atoms with E-state index in [4.69, 9.17) is 5.11 Å². The fourth-order valence-corrected chi connectivity index (χ4v) is 2.37. The van der Waals surface area contributed by atoms with Crippen LogP contribution in [0.2, 0.25) is 0 Å². The highest BCUT2D eigenvalue weighted by atomic mass is 16.4. The lowest BCUT2D eigenvalue weighted by Gasteiger charge is -2.35. The predicted octanol–water partition coefficient (Wildman–Crippen LogP) is 2.15. The fourth-order valence-electron chi connectivity index (χ4n) is 2.37. The van der Waals surface area contributed by atoms with Crippen LogP contribution in [0.4, 0.5) is 5.69 Å². The maximum Gasteiger partial charge on any atom is 0.330 e. The van der Waals surface area contributed by atoms with Gasteiger partial charge in [0.2, 0.25) is 0 Å². The van der Waals surface area contributed by atoms with E-state index in [1.165, 1.54) is 11.3 Å². The Bertz CT molecular complexity index is 503. The van der Waals surface area contributed by atoms with Crippen molar-refractivity contribution in [2.75, 3.05) is 37.6 Å². The highest BCUT2D eigenvalue weighted by molar-refractivity contribution is 5.85. The smallest absolute Gasteiger partial charge is 0.330 e. The molecule has 1 N–H and O–H groups in total. The van der Waals surface area contributed by atoms with Crippen molar-refractivity contribution in [2.24, 2.45) is 0 Å². The first-order valence-electron chi connectivity index (χ1n) is 7.00. The number of aliphatic carboxylic acids is 1. The molecule has 108 valence electrons. The molecule has 4 nitrogen and oxygen atoms in total. The van der Waals surface area contributed by atoms with Gasteiger partial charge in [-0.25, -0.2) is 4.79 Å². The Morgan fingerprint density at radius 2 is 2.00 bits per heavy atom. The quantitative estimate of drug-likeness (QED) is 0.854. The number of carbonyl (C=O) groups is 1. The molecule has 4 heteroatoms. The van der Waals surface area contributed by atoms with Crippen LogP contribution in [0.1, 0.15) is 12.5 Å². The summed E-state index contributed by atoms with van der Waals surface area (Å²) < 4.78 is 0. The van der Waals surface area contributed by atoms with Crippen LogP contribution >= 0.6 is 0 Å². The van der Waals surface area contributed by atoms with Crippen LogP contribution < -0.4 is 4.90 Å². The van der Waals surface area contributed by atoms with Gasteiger partial charge in [0.1, 0.15) is 0 Å². The van der Waals surface area contributed by atoms with E-state index in [-0.39, 0.29) is 0 Å². The first kappa shape index (κ1) is 14.6. The van der Waals surface area contributed by atoms with E-state index in [0.29, 0.717) is 5.57 Å². The van der Waals surface area contributed by atoms with Crippen LogP contribution in [0.5, 0.6) is 0 Å². The van der Waals surface area contributed by atoms with Gasteiger partial charge in [0.25, 0.3) is 0 Å². The maximum atomic E-state index is 10.7. The molecule has 1 heterocycles. The highest BCUT2D eigenvalue weighted by Gasteiger charge is 2.16. The van der Waals surface area contributed by atoms with Crippen molar-refractivity contribution in [3.05, 3.63) is 41.5 Å². The molecule has 0 amide bonds. The molecule has 0 radical (unpaired) electrons. The Balaban J connectivity index is 1.86. The van der Waals surface area contributed by atoms with E-state index < -0.39 is 5.97 Å². The van der Waals surface area contributed by atoms with Crippen molar-refractivity contribution in [2.45, 2.75) is 13.8 Å². The highest BCUT2D eigenvalue weighted by Crippen LogP contribution is 2.17. The van der Waals surface area contributed by atoms with Crippen molar-refractivity contribution in [3.8, 4) is 0 Å². The number of nitrogens with zero attached hydrogens (tertiary/aromatic N) is 2. The van der Waals surface area contributed by atoms with Gasteiger partial charge >= 0.3 is 5.97 Å². The summed E-state index contributed by atoms with van der Waals surface area (Å²) in [6.07, 6.45) is 1.80. The lowest BCUT2D eigenvalue weighted by Crippen LogP contribution is -2.46. The summed E-state index contributed by atoms with van der Waals surface area (Å²) in [6.45, 7) is 8.39. The minimum Gasteiger partial charge on any atom is -0.478 e. The van der Waals surface area contributed by atoms with Gasteiger partial charge in [-0.3, -0.25) is 4.90 Å². The third kappa shape index (κ3) is 3.84. The molecule has 1 aliphatic heterocycles. The molecule has 1 aromatic carbocycles. The van der Waals surface area contributed by atoms with Gasteiger partial charge in [0, 0.05) is 44.0 Å². The summed E-state index contributed by atoms with van der Waals surface area (Å²) in [6, 6.07) is 8.57. The number of hydrogen-bond donors (Lipinski definition) is 1. The first-order chi connectivity index (χ1) is 9.56. The normalized spacial score (nSPS) is 17.3. The van der Waals surface area contributed by atoms with E-state index in [1.807, 2.05) is 0 Å². The average Bonchev–Trinajstić information content (AvgIpc) is 2.45. The summed E-state index contributed by atoms with van der Waals surface area (Å²) in [7, 11) is 0. The molecule has 0 aliphatic carbocycles. The Morgan fingerprint density at radius 3 is 2.60 bits per heavy atom. The molecule has 1 saturated heterocycles. The maximum absolute atomic E-state index is 10.7. The molecule has 1 fully saturated rings. The van der Waals surface area contributed by atoms with Crippen LogP contribution in [-0.2, 0) is 4.79 Å². The third-order valence-corrected chi connectivity index (χ3v) is 3.73. The Hall–Kier alpha value is -1.81. The summed E-state index contributed by atoms with van der Waals surface area (Å²) >= 11 is 0. The van der Waals surface area contributed by atoms with Crippen LogP contribution in [-0.4, -0.2) is 48.7 Å². The number of aryl methyl sites for hydroxylation is 1. The summed E-state index contributed by atoms with van der Waals surface area (Å²) in [5.41, 5.74) is 2.98. The van der Waals surface area contributed by atoms with Gasteiger partial charge in [-0.2, -0.15) is 0 Å². The minimum absolute atomic E-state index is 0.422. The number of anilines is 1. The predicted molar refractivity (Wildman–Crippen MR) is 81.2 cm³/mol. The molecular weight excluding hydrogens is 252 g/mol. The number of carboxylic acids is 1. The first-order valence-corrected chi connectivity index (χ1v) is 7.00. The lowest BCUT2D eigenvalue weighted by molar-refractivity contribution is -0.132. The molecule has 0 spiro atoms. The van der Waals surface area contributed by atoms with E-state index in [9.17, 15) is 4.79 Å². The van der Waals surface area contributed by atoms with Gasteiger partial charge in [-0.15, -0.1) is 0 Å². The molecule has 0 unspecified atom stereocenters. The van der Waals surface area contributed by atoms with Crippen molar-refractivity contribution >= 4 is 11.7 Å². The van der Waals surface area contributed by atoms with Gasteiger partial charge < -0.3 is 10.0 Å². The monoisotopic (exact) mass is 274 g/mol. The largest absolute Gasteiger partial charge is 0.478 e. The zero-order valence-corrected chi connectivity index (χ0v) is 12.2. The molecule has 0 atom stereocenters. The van der Waals surface area contributed by atoms with Crippen molar-refractivity contribution in [1.82, 2.24) is 4.90 Å². The Morgan fingerprint density at radius 1 is 1.30 bits per heavy atom. The van der Waals surface area contributed by atoms with Crippen LogP contribution in [0.25, 0.3) is 0 Å². The second kappa shape index (κ2) is 6.57. The molecule has 20 heavy (non-hydrogen) atoms. The lowest BCUT2D eigenvalue weighted by atomic mass is 10.2. The summed E-state index contributed by atoms with van der Waals surface area (Å²) in [4.78, 5) is 15.4. The summed E-state index contributed by atoms with van der Waals surface area (Å²) in [5.74, 6) is -0.830. The van der Waals surface area contributed by atoms with E-state index in [1.54, 1.807) is 13.0 Å². The zero-order chi connectivity index (χ0) is 14.5. The van der Waals surface area contributed by atoms with Crippen molar-refractivity contribution in [1.29, 1.82) is 0 Å². The molecular formula is C16H22N2O2. The van der Waals surface area contributed by atoms with E-state index in [2.05, 4.69) is 41.0 Å². The molecule has 0 aromatic heterocycles. The van der Waals surface area contributed by atoms with Gasteiger partial charge in [-0.1, -0.05) is 18.2 Å². The van der Waals surface area contributed by atoms with Gasteiger partial charge in [0.05, 0.1) is 0 Å². The fraction of sp³-hybridized carbons (Fsp3) is 0.438. The number of rotatable bonds is 4. The number of piperazine rings is 1. The number of benzene rings is 1. The molecule has 2 rings (SSSR count). The van der Waals surface area contributed by atoms with Crippen LogP contribution in [0, 0.1) is 6.92 Å². The van der Waals surface area contributed by atoms with E-state index in [0.717, 1.165) is 32.7 Å². The zero-order valence-electron chi connectivity index (χ0n) is 12.2. The number of hydrogen-bond acceptors (Lipinski definition) is 3. The van der Waals surface area contributed by atoms with Crippen molar-refractivity contribution < 1.29 is 9.90 Å². The summed E-state index contributed by atoms with van der Waals surface area (Å²) in [5, 5.41) is 8.83. The minimum atomic E-state index is -0.830. The van der Waals surface area contributed by atoms with E-state index >= 15 is 0 Å². The van der Waals surface area contributed by atoms with Crippen molar-refractivity contribution in [3.63, 3.8) is 0 Å². The average molecular weight is 274 g/mol. The topological polar surface area (TPSA) is 43.8 Å². The Kier molecular flexibility index (Phi) is 4.79. The molecule has 0 bridgehead atoms. The SMILES string of the molecule is CC(=CCN1CCN(c2cccc(C)c2)CC1)C(=O)O. The Labute approximate surface area is 120 Å². The second-order valence-corrected chi connectivity index (χ2v) is 5.32. The second-order valence-electron chi connectivity index (χ2n) is 5.32. The third-order valence-electron chi connectivity index (χ3n) is 3.73. The molecule has 0 saturated carbocycles. The van der Waals surface area contributed by atoms with Gasteiger partial charge in [-0.05, 0) is 31.5 Å². The molecule has 1 aliphatic rings. The standard InChI is InChI=1S/C16H22N2O2/c1-13-4-3-5-15(12-13)18-10-8-17(9-11-18)7-6-14(2)16(19)20/h3-6,12H,7-11H2,1-2H3,(H,19,20).